The van der Waals surface area contributed by atoms with E-state index in [9.17, 15) is 0 Å². The molecule has 1 aromatic heterocycles. The molecule has 0 atom stereocenters. The third-order valence-corrected chi connectivity index (χ3v) is 2.80. The summed E-state index contributed by atoms with van der Waals surface area (Å²) in [6.07, 6.45) is 1.55. The number of rotatable bonds is 3. The van der Waals surface area contributed by atoms with Crippen LogP contribution in [0.25, 0.3) is 0 Å². The minimum atomic E-state index is 0.347. The monoisotopic (exact) mass is 254 g/mol. The molecule has 2 rings (SSSR count). The third kappa shape index (κ3) is 2.58. The van der Waals surface area contributed by atoms with Gasteiger partial charge in [0.1, 0.15) is 11.8 Å². The molecule has 0 unspecified atom stereocenters. The van der Waals surface area contributed by atoms with Gasteiger partial charge in [-0.05, 0) is 36.8 Å². The fraction of sp³-hybridized carbons (Fsp3) is 0.143. The van der Waals surface area contributed by atoms with Crippen LogP contribution in [0, 0.1) is 18.3 Å². The largest absolute Gasteiger partial charge is 0.497 e. The number of methoxy groups -OCH3 is 1. The van der Waals surface area contributed by atoms with Crippen LogP contribution in [0.15, 0.2) is 30.5 Å². The van der Waals surface area contributed by atoms with Gasteiger partial charge in [-0.1, -0.05) is 0 Å². The molecule has 3 N–H and O–H groups in total. The SMILES string of the molecule is COc1ccc(Nc2nccc(C#N)c2N)c(C)c1. The summed E-state index contributed by atoms with van der Waals surface area (Å²) in [7, 11) is 1.62. The first-order valence-corrected chi connectivity index (χ1v) is 5.72. The fourth-order valence-corrected chi connectivity index (χ4v) is 1.70. The van der Waals surface area contributed by atoms with Crippen molar-refractivity contribution >= 4 is 17.2 Å². The number of hydrogen-bond acceptors (Lipinski definition) is 5. The van der Waals surface area contributed by atoms with Gasteiger partial charge in [0, 0.05) is 11.9 Å². The molecule has 19 heavy (non-hydrogen) atoms. The highest BCUT2D eigenvalue weighted by Gasteiger charge is 2.08. The number of nitriles is 1. The van der Waals surface area contributed by atoms with Crippen molar-refractivity contribution in [3.05, 3.63) is 41.6 Å². The third-order valence-electron chi connectivity index (χ3n) is 2.80. The molecule has 0 aliphatic heterocycles. The van der Waals surface area contributed by atoms with Crippen molar-refractivity contribution in [1.29, 1.82) is 5.26 Å². The van der Waals surface area contributed by atoms with Crippen LogP contribution in [0.4, 0.5) is 17.2 Å². The van der Waals surface area contributed by atoms with Crippen LogP contribution in [0.3, 0.4) is 0 Å². The van der Waals surface area contributed by atoms with Crippen LogP contribution in [0.5, 0.6) is 5.75 Å². The van der Waals surface area contributed by atoms with Crippen LogP contribution in [0.1, 0.15) is 11.1 Å². The first kappa shape index (κ1) is 12.7. The molecule has 0 fully saturated rings. The summed E-state index contributed by atoms with van der Waals surface area (Å²) in [6, 6.07) is 9.25. The van der Waals surface area contributed by atoms with Crippen LogP contribution in [-0.2, 0) is 0 Å². The molecule has 0 spiro atoms. The molecule has 0 radical (unpaired) electrons. The highest BCUT2D eigenvalue weighted by molar-refractivity contribution is 5.74. The number of nitrogens with one attached hydrogen (secondary N) is 1. The van der Waals surface area contributed by atoms with Gasteiger partial charge in [0.2, 0.25) is 0 Å². The Morgan fingerprint density at radius 1 is 1.37 bits per heavy atom. The van der Waals surface area contributed by atoms with Gasteiger partial charge in [0.25, 0.3) is 0 Å². The number of pyridine rings is 1. The lowest BCUT2D eigenvalue weighted by molar-refractivity contribution is 0.414. The normalized spacial score (nSPS) is 9.74. The molecule has 1 heterocycles. The molecule has 1 aromatic carbocycles. The quantitative estimate of drug-likeness (QED) is 0.879. The van der Waals surface area contributed by atoms with E-state index in [1.807, 2.05) is 31.2 Å². The minimum absolute atomic E-state index is 0.347. The number of ether oxygens (including phenoxy) is 1. The molecule has 0 saturated heterocycles. The van der Waals surface area contributed by atoms with Gasteiger partial charge in [-0.25, -0.2) is 4.98 Å². The van der Waals surface area contributed by atoms with Gasteiger partial charge in [-0.2, -0.15) is 5.26 Å². The maximum atomic E-state index is 8.93. The topological polar surface area (TPSA) is 84.0 Å². The van der Waals surface area contributed by atoms with Crippen molar-refractivity contribution in [2.75, 3.05) is 18.2 Å². The van der Waals surface area contributed by atoms with E-state index >= 15 is 0 Å². The number of hydrogen-bond donors (Lipinski definition) is 2. The van der Waals surface area contributed by atoms with E-state index in [4.69, 9.17) is 15.7 Å². The second kappa shape index (κ2) is 5.27. The van der Waals surface area contributed by atoms with Crippen molar-refractivity contribution in [3.8, 4) is 11.8 Å². The summed E-state index contributed by atoms with van der Waals surface area (Å²) in [6.45, 7) is 1.95. The molecule has 96 valence electrons. The summed E-state index contributed by atoms with van der Waals surface area (Å²) >= 11 is 0. The predicted octanol–water partition coefficient (Wildman–Crippen LogP) is 2.60. The van der Waals surface area contributed by atoms with E-state index in [1.165, 1.54) is 0 Å². The number of aromatic nitrogens is 1. The standard InChI is InChI=1S/C14H14N4O/c1-9-7-11(19-2)3-4-12(9)18-14-13(16)10(8-15)5-6-17-14/h3-7H,16H2,1-2H3,(H,17,18). The molecule has 5 heteroatoms. The maximum absolute atomic E-state index is 8.93. The summed E-state index contributed by atoms with van der Waals surface area (Å²) in [5, 5.41) is 12.1. The molecule has 0 amide bonds. The van der Waals surface area contributed by atoms with E-state index in [2.05, 4.69) is 10.3 Å². The van der Waals surface area contributed by atoms with Gasteiger partial charge in [0.05, 0.1) is 18.4 Å². The Kier molecular flexibility index (Phi) is 3.53. The zero-order valence-electron chi connectivity index (χ0n) is 10.8. The Labute approximate surface area is 111 Å². The average Bonchev–Trinajstić information content (AvgIpc) is 2.43. The molecular formula is C14H14N4O. The van der Waals surface area contributed by atoms with Crippen LogP contribution >= 0.6 is 0 Å². The lowest BCUT2D eigenvalue weighted by Crippen LogP contribution is -2.02. The number of anilines is 3. The van der Waals surface area contributed by atoms with E-state index in [0.717, 1.165) is 17.0 Å². The van der Waals surface area contributed by atoms with Gasteiger partial charge in [0.15, 0.2) is 5.82 Å². The highest BCUT2D eigenvalue weighted by Crippen LogP contribution is 2.27. The number of nitrogen functional groups attached to an aromatic ring is 1. The molecule has 0 bridgehead atoms. The van der Waals surface area contributed by atoms with Gasteiger partial charge in [-0.3, -0.25) is 0 Å². The maximum Gasteiger partial charge on any atom is 0.154 e. The minimum Gasteiger partial charge on any atom is -0.497 e. The first-order valence-electron chi connectivity index (χ1n) is 5.72. The Hall–Kier alpha value is -2.74. The Morgan fingerprint density at radius 2 is 2.16 bits per heavy atom. The molecule has 0 aliphatic rings. The molecular weight excluding hydrogens is 240 g/mol. The van der Waals surface area contributed by atoms with Gasteiger partial charge < -0.3 is 15.8 Å². The number of nitrogens with zero attached hydrogens (tertiary/aromatic N) is 2. The zero-order valence-corrected chi connectivity index (χ0v) is 10.8. The average molecular weight is 254 g/mol. The lowest BCUT2D eigenvalue weighted by atomic mass is 10.2. The van der Waals surface area contributed by atoms with E-state index in [1.54, 1.807) is 19.4 Å². The Balaban J connectivity index is 2.34. The molecule has 5 nitrogen and oxygen atoms in total. The summed E-state index contributed by atoms with van der Waals surface area (Å²) < 4.78 is 5.15. The second-order valence-electron chi connectivity index (χ2n) is 4.04. The lowest BCUT2D eigenvalue weighted by Gasteiger charge is -2.12. The van der Waals surface area contributed by atoms with Gasteiger partial charge >= 0.3 is 0 Å². The Morgan fingerprint density at radius 3 is 2.79 bits per heavy atom. The van der Waals surface area contributed by atoms with Crippen LogP contribution in [-0.4, -0.2) is 12.1 Å². The van der Waals surface area contributed by atoms with Crippen molar-refractivity contribution in [2.24, 2.45) is 0 Å². The number of aryl methyl sites for hydroxylation is 1. The predicted molar refractivity (Wildman–Crippen MR) is 74.4 cm³/mol. The molecule has 2 aromatic rings. The van der Waals surface area contributed by atoms with E-state index < -0.39 is 0 Å². The molecule has 0 aliphatic carbocycles. The number of nitrogens with two attached hydrogens (primary N) is 1. The Bertz CT molecular complexity index is 646. The van der Waals surface area contributed by atoms with Crippen LogP contribution < -0.4 is 15.8 Å². The van der Waals surface area contributed by atoms with Gasteiger partial charge in [-0.15, -0.1) is 0 Å². The van der Waals surface area contributed by atoms with Crippen molar-refractivity contribution in [2.45, 2.75) is 6.92 Å². The highest BCUT2D eigenvalue weighted by atomic mass is 16.5. The van der Waals surface area contributed by atoms with Crippen molar-refractivity contribution in [1.82, 2.24) is 4.98 Å². The first-order chi connectivity index (χ1) is 9.15. The van der Waals surface area contributed by atoms with Crippen molar-refractivity contribution < 1.29 is 4.74 Å². The second-order valence-corrected chi connectivity index (χ2v) is 4.04. The zero-order chi connectivity index (χ0) is 13.8. The van der Waals surface area contributed by atoms with Crippen LogP contribution in [0.2, 0.25) is 0 Å². The summed E-state index contributed by atoms with van der Waals surface area (Å²) in [5.41, 5.74) is 8.50. The summed E-state index contributed by atoms with van der Waals surface area (Å²) in [5.74, 6) is 1.27. The van der Waals surface area contributed by atoms with Crippen molar-refractivity contribution in [3.63, 3.8) is 0 Å². The fourth-order valence-electron chi connectivity index (χ4n) is 1.70. The summed E-state index contributed by atoms with van der Waals surface area (Å²) in [4.78, 5) is 4.15. The smallest absolute Gasteiger partial charge is 0.154 e. The molecule has 0 saturated carbocycles. The van der Waals surface area contributed by atoms with E-state index in [0.29, 0.717) is 17.1 Å². The number of benzene rings is 1. The van der Waals surface area contributed by atoms with E-state index in [-0.39, 0.29) is 0 Å².